The number of aldehydes is 1. The Morgan fingerprint density at radius 2 is 2.00 bits per heavy atom. The van der Waals surface area contributed by atoms with Crippen molar-refractivity contribution in [2.24, 2.45) is 7.05 Å². The maximum Gasteiger partial charge on any atom is 0.185 e. The van der Waals surface area contributed by atoms with Crippen LogP contribution in [0.1, 0.15) is 10.6 Å². The van der Waals surface area contributed by atoms with Crippen LogP contribution in [0.2, 0.25) is 0 Å². The van der Waals surface area contributed by atoms with Gasteiger partial charge >= 0.3 is 0 Å². The molecule has 1 heterocycles. The van der Waals surface area contributed by atoms with Crippen LogP contribution < -0.4 is 0 Å². The summed E-state index contributed by atoms with van der Waals surface area (Å²) in [6, 6.07) is 12.1. The molecule has 0 bridgehead atoms. The fourth-order valence-electron chi connectivity index (χ4n) is 2.05. The van der Waals surface area contributed by atoms with E-state index < -0.39 is 0 Å². The Balaban J connectivity index is 2.56. The van der Waals surface area contributed by atoms with Gasteiger partial charge in [-0.15, -0.1) is 0 Å². The topological polar surface area (TPSA) is 34.9 Å². The summed E-state index contributed by atoms with van der Waals surface area (Å²) in [6.45, 7) is 0. The van der Waals surface area contributed by atoms with Crippen molar-refractivity contribution < 1.29 is 4.79 Å². The molecule has 0 spiro atoms. The molecule has 3 aromatic rings. The molecule has 2 aromatic carbocycles. The van der Waals surface area contributed by atoms with Crippen LogP contribution in [-0.2, 0) is 7.05 Å². The molecular weight excluding hydrogens is 200 g/mol. The van der Waals surface area contributed by atoms with Crippen molar-refractivity contribution in [2.45, 2.75) is 0 Å². The average Bonchev–Trinajstić information content (AvgIpc) is 2.67. The van der Waals surface area contributed by atoms with E-state index >= 15 is 0 Å². The Morgan fingerprint density at radius 1 is 1.19 bits per heavy atom. The van der Waals surface area contributed by atoms with Gasteiger partial charge in [0.25, 0.3) is 0 Å². The van der Waals surface area contributed by atoms with Crippen LogP contribution in [0.4, 0.5) is 0 Å². The Kier molecular flexibility index (Phi) is 1.80. The number of aromatic nitrogens is 2. The second-order valence-corrected chi connectivity index (χ2v) is 3.80. The molecule has 3 heteroatoms. The van der Waals surface area contributed by atoms with Crippen LogP contribution in [0.5, 0.6) is 0 Å². The van der Waals surface area contributed by atoms with E-state index in [1.807, 2.05) is 48.0 Å². The summed E-state index contributed by atoms with van der Waals surface area (Å²) in [6.07, 6.45) is 0.786. The molecule has 3 rings (SSSR count). The van der Waals surface area contributed by atoms with Crippen LogP contribution in [0.25, 0.3) is 21.8 Å². The third-order valence-corrected chi connectivity index (χ3v) is 2.92. The summed E-state index contributed by atoms with van der Waals surface area (Å²) in [5.74, 6) is 0.464. The number of fused-ring (bicyclic) bond motifs is 3. The molecule has 0 unspecified atom stereocenters. The second-order valence-electron chi connectivity index (χ2n) is 3.80. The minimum absolute atomic E-state index is 0.464. The molecule has 0 saturated carbocycles. The van der Waals surface area contributed by atoms with E-state index in [9.17, 15) is 4.79 Å². The van der Waals surface area contributed by atoms with Crippen molar-refractivity contribution in [2.75, 3.05) is 0 Å². The number of carbonyl (C=O) groups is 1. The van der Waals surface area contributed by atoms with E-state index in [0.717, 1.165) is 28.1 Å². The normalized spacial score (nSPS) is 11.1. The van der Waals surface area contributed by atoms with Gasteiger partial charge in [-0.1, -0.05) is 30.3 Å². The quantitative estimate of drug-likeness (QED) is 0.578. The first-order valence-electron chi connectivity index (χ1n) is 5.10. The predicted molar refractivity (Wildman–Crippen MR) is 63.6 cm³/mol. The maximum atomic E-state index is 10.8. The molecule has 0 aliphatic carbocycles. The maximum absolute atomic E-state index is 10.8. The zero-order chi connectivity index (χ0) is 11.1. The Morgan fingerprint density at radius 3 is 2.81 bits per heavy atom. The van der Waals surface area contributed by atoms with E-state index in [1.165, 1.54) is 0 Å². The Bertz CT molecular complexity index is 698. The Hall–Kier alpha value is -2.16. The lowest BCUT2D eigenvalue weighted by Gasteiger charge is -1.99. The van der Waals surface area contributed by atoms with E-state index in [0.29, 0.717) is 5.82 Å². The van der Waals surface area contributed by atoms with Crippen molar-refractivity contribution in [3.05, 3.63) is 42.2 Å². The zero-order valence-corrected chi connectivity index (χ0v) is 8.84. The molecule has 1 aromatic heterocycles. The van der Waals surface area contributed by atoms with E-state index in [2.05, 4.69) is 4.98 Å². The van der Waals surface area contributed by atoms with Crippen molar-refractivity contribution in [1.82, 2.24) is 9.55 Å². The highest BCUT2D eigenvalue weighted by molar-refractivity contribution is 6.05. The van der Waals surface area contributed by atoms with E-state index in [4.69, 9.17) is 0 Å². The van der Waals surface area contributed by atoms with Crippen LogP contribution in [0, 0.1) is 0 Å². The number of hydrogen-bond donors (Lipinski definition) is 0. The minimum Gasteiger partial charge on any atom is -0.325 e. The fourth-order valence-corrected chi connectivity index (χ4v) is 2.05. The van der Waals surface area contributed by atoms with Gasteiger partial charge in [-0.05, 0) is 11.5 Å². The number of nitrogens with zero attached hydrogens (tertiary/aromatic N) is 2. The van der Waals surface area contributed by atoms with Crippen LogP contribution in [0.3, 0.4) is 0 Å². The van der Waals surface area contributed by atoms with Crippen molar-refractivity contribution in [1.29, 1.82) is 0 Å². The molecule has 0 N–H and O–H groups in total. The number of rotatable bonds is 1. The lowest BCUT2D eigenvalue weighted by atomic mass is 10.1. The third-order valence-electron chi connectivity index (χ3n) is 2.92. The molecular formula is C13H10N2O. The van der Waals surface area contributed by atoms with Gasteiger partial charge in [0.05, 0.1) is 11.0 Å². The molecule has 0 aliphatic rings. The molecule has 0 fully saturated rings. The van der Waals surface area contributed by atoms with Crippen molar-refractivity contribution in [3.8, 4) is 0 Å². The fraction of sp³-hybridized carbons (Fsp3) is 0.0769. The van der Waals surface area contributed by atoms with Gasteiger partial charge in [0.2, 0.25) is 0 Å². The highest BCUT2D eigenvalue weighted by atomic mass is 16.1. The zero-order valence-electron chi connectivity index (χ0n) is 8.84. The summed E-state index contributed by atoms with van der Waals surface area (Å²) < 4.78 is 1.81. The summed E-state index contributed by atoms with van der Waals surface area (Å²) >= 11 is 0. The molecule has 0 saturated heterocycles. The number of carbonyl (C=O) groups excluding carboxylic acids is 1. The molecule has 0 atom stereocenters. The smallest absolute Gasteiger partial charge is 0.185 e. The second kappa shape index (κ2) is 3.17. The van der Waals surface area contributed by atoms with Gasteiger partial charge in [-0.2, -0.15) is 0 Å². The highest BCUT2D eigenvalue weighted by Gasteiger charge is 2.08. The number of aryl methyl sites for hydroxylation is 1. The standard InChI is InChI=1S/C13H10N2O/c1-15-11-7-6-9-4-2-3-5-10(9)13(11)14-12(15)8-16/h2-8H,1H3. The molecule has 0 amide bonds. The SMILES string of the molecule is Cn1c(C=O)nc2c3ccccc3ccc21. The van der Waals surface area contributed by atoms with Crippen LogP contribution in [-0.4, -0.2) is 15.8 Å². The molecule has 0 aliphatic heterocycles. The first kappa shape index (κ1) is 9.09. The highest BCUT2D eigenvalue weighted by Crippen LogP contribution is 2.24. The van der Waals surface area contributed by atoms with E-state index in [-0.39, 0.29) is 0 Å². The largest absolute Gasteiger partial charge is 0.325 e. The molecule has 0 radical (unpaired) electrons. The van der Waals surface area contributed by atoms with Crippen molar-refractivity contribution in [3.63, 3.8) is 0 Å². The van der Waals surface area contributed by atoms with Crippen LogP contribution in [0.15, 0.2) is 36.4 Å². The minimum atomic E-state index is 0.464. The first-order chi connectivity index (χ1) is 7.81. The first-order valence-corrected chi connectivity index (χ1v) is 5.10. The van der Waals surface area contributed by atoms with Gasteiger partial charge in [0, 0.05) is 12.4 Å². The van der Waals surface area contributed by atoms with Crippen molar-refractivity contribution >= 4 is 28.1 Å². The van der Waals surface area contributed by atoms with Crippen LogP contribution >= 0.6 is 0 Å². The third kappa shape index (κ3) is 1.08. The summed E-state index contributed by atoms with van der Waals surface area (Å²) in [4.78, 5) is 15.2. The monoisotopic (exact) mass is 210 g/mol. The van der Waals surface area contributed by atoms with Gasteiger partial charge in [0.1, 0.15) is 0 Å². The van der Waals surface area contributed by atoms with E-state index in [1.54, 1.807) is 0 Å². The number of hydrogen-bond acceptors (Lipinski definition) is 2. The summed E-state index contributed by atoms with van der Waals surface area (Å²) in [5.41, 5.74) is 1.88. The Labute approximate surface area is 92.3 Å². The number of benzene rings is 2. The van der Waals surface area contributed by atoms with Gasteiger partial charge in [-0.25, -0.2) is 4.98 Å². The lowest BCUT2D eigenvalue weighted by Crippen LogP contribution is -1.94. The van der Waals surface area contributed by atoms with Gasteiger partial charge < -0.3 is 4.57 Å². The molecule has 16 heavy (non-hydrogen) atoms. The van der Waals surface area contributed by atoms with Gasteiger partial charge in [0.15, 0.2) is 12.1 Å². The molecule has 78 valence electrons. The lowest BCUT2D eigenvalue weighted by molar-refractivity contribution is 0.111. The average molecular weight is 210 g/mol. The molecule has 3 nitrogen and oxygen atoms in total. The summed E-state index contributed by atoms with van der Waals surface area (Å²) in [5, 5.41) is 2.23. The number of imidazole rings is 1. The summed E-state index contributed by atoms with van der Waals surface area (Å²) in [7, 11) is 1.86. The predicted octanol–water partition coefficient (Wildman–Crippen LogP) is 2.54. The van der Waals surface area contributed by atoms with Gasteiger partial charge in [-0.3, -0.25) is 4.79 Å².